The van der Waals surface area contributed by atoms with Crippen LogP contribution in [0.15, 0.2) is 42.5 Å². The fourth-order valence-corrected chi connectivity index (χ4v) is 4.36. The van der Waals surface area contributed by atoms with Crippen LogP contribution in [0.1, 0.15) is 30.4 Å². The summed E-state index contributed by atoms with van der Waals surface area (Å²) in [5.74, 6) is -0.287. The smallest absolute Gasteiger partial charge is 0.262 e. The maximum atomic E-state index is 12.5. The van der Waals surface area contributed by atoms with Gasteiger partial charge < -0.3 is 25.0 Å². The Morgan fingerprint density at radius 1 is 1.12 bits per heavy atom. The van der Waals surface area contributed by atoms with Gasteiger partial charge >= 0.3 is 0 Å². The van der Waals surface area contributed by atoms with Gasteiger partial charge in [0.2, 0.25) is 11.8 Å². The summed E-state index contributed by atoms with van der Waals surface area (Å²) in [7, 11) is 0. The lowest BCUT2D eigenvalue weighted by atomic mass is 10.1. The quantitative estimate of drug-likeness (QED) is 0.625. The van der Waals surface area contributed by atoms with Crippen LogP contribution in [-0.4, -0.2) is 50.1 Å². The highest BCUT2D eigenvalue weighted by Crippen LogP contribution is 2.27. The van der Waals surface area contributed by atoms with Gasteiger partial charge in [-0.15, -0.1) is 0 Å². The first-order valence-corrected chi connectivity index (χ1v) is 11.7. The standard InChI is InChI=1S/C26H31N3O5/c1-17-5-3-6-18(2)25(17)28-23(30)16-34-21-10-8-20(9-11-21)29-15-19(13-24(29)31)26(32)27-14-22-7-4-12-33-22/h3,5-6,8-11,19,22H,4,7,12-16H2,1-2H3,(H,27,32)(H,28,30)/t19-,22+/m1/s1. The summed E-state index contributed by atoms with van der Waals surface area (Å²) in [6.45, 7) is 5.34. The Kier molecular flexibility index (Phi) is 7.47. The molecule has 2 heterocycles. The summed E-state index contributed by atoms with van der Waals surface area (Å²) < 4.78 is 11.1. The molecule has 0 aliphatic carbocycles. The number of nitrogens with one attached hydrogen (secondary N) is 2. The molecule has 4 rings (SSSR count). The number of carbonyl (C=O) groups is 3. The predicted octanol–water partition coefficient (Wildman–Crippen LogP) is 2.97. The second kappa shape index (κ2) is 10.7. The second-order valence-electron chi connectivity index (χ2n) is 8.88. The van der Waals surface area contributed by atoms with Gasteiger partial charge in [-0.1, -0.05) is 18.2 Å². The summed E-state index contributed by atoms with van der Waals surface area (Å²) in [6, 6.07) is 12.8. The van der Waals surface area contributed by atoms with E-state index in [9.17, 15) is 14.4 Å². The van der Waals surface area contributed by atoms with Gasteiger partial charge in [0.15, 0.2) is 6.61 Å². The van der Waals surface area contributed by atoms with E-state index < -0.39 is 0 Å². The third-order valence-electron chi connectivity index (χ3n) is 6.29. The number of rotatable bonds is 8. The fourth-order valence-electron chi connectivity index (χ4n) is 4.36. The van der Waals surface area contributed by atoms with Crippen LogP contribution in [0.3, 0.4) is 0 Å². The van der Waals surface area contributed by atoms with Crippen molar-refractivity contribution in [1.82, 2.24) is 5.32 Å². The number of benzene rings is 2. The van der Waals surface area contributed by atoms with Crippen LogP contribution in [0, 0.1) is 19.8 Å². The molecule has 2 aromatic carbocycles. The Morgan fingerprint density at radius 3 is 2.53 bits per heavy atom. The minimum atomic E-state index is -0.376. The molecule has 2 aromatic rings. The van der Waals surface area contributed by atoms with Gasteiger partial charge in [0, 0.05) is 37.5 Å². The molecule has 3 amide bonds. The topological polar surface area (TPSA) is 97.0 Å². The van der Waals surface area contributed by atoms with Crippen LogP contribution in [0.5, 0.6) is 5.75 Å². The van der Waals surface area contributed by atoms with Crippen molar-refractivity contribution >= 4 is 29.1 Å². The van der Waals surface area contributed by atoms with Gasteiger partial charge in [-0.05, 0) is 62.1 Å². The highest BCUT2D eigenvalue weighted by molar-refractivity contribution is 6.00. The van der Waals surface area contributed by atoms with Crippen molar-refractivity contribution in [3.8, 4) is 5.75 Å². The van der Waals surface area contributed by atoms with Crippen LogP contribution in [0.25, 0.3) is 0 Å². The van der Waals surface area contributed by atoms with Crippen LogP contribution < -0.4 is 20.3 Å². The molecule has 2 fully saturated rings. The van der Waals surface area contributed by atoms with Crippen LogP contribution in [0.4, 0.5) is 11.4 Å². The third-order valence-corrected chi connectivity index (χ3v) is 6.29. The highest BCUT2D eigenvalue weighted by atomic mass is 16.5. The van der Waals surface area contributed by atoms with E-state index in [1.165, 1.54) is 0 Å². The van der Waals surface area contributed by atoms with Gasteiger partial charge in [-0.3, -0.25) is 14.4 Å². The number of para-hydroxylation sites is 1. The lowest BCUT2D eigenvalue weighted by Crippen LogP contribution is -2.37. The zero-order chi connectivity index (χ0) is 24.1. The molecule has 0 radical (unpaired) electrons. The number of ether oxygens (including phenoxy) is 2. The molecule has 0 spiro atoms. The number of aryl methyl sites for hydroxylation is 2. The number of carbonyl (C=O) groups excluding carboxylic acids is 3. The third kappa shape index (κ3) is 5.75. The Hall–Kier alpha value is -3.39. The number of nitrogens with zero attached hydrogens (tertiary/aromatic N) is 1. The summed E-state index contributed by atoms with van der Waals surface area (Å²) >= 11 is 0. The lowest BCUT2D eigenvalue weighted by Gasteiger charge is -2.18. The number of amides is 3. The van der Waals surface area contributed by atoms with Crippen molar-refractivity contribution in [3.05, 3.63) is 53.6 Å². The molecule has 34 heavy (non-hydrogen) atoms. The number of anilines is 2. The largest absolute Gasteiger partial charge is 0.484 e. The molecule has 180 valence electrons. The Bertz CT molecular complexity index is 1030. The average molecular weight is 466 g/mol. The molecule has 0 unspecified atom stereocenters. The second-order valence-corrected chi connectivity index (χ2v) is 8.88. The van der Waals surface area contributed by atoms with Gasteiger partial charge in [-0.25, -0.2) is 0 Å². The molecular formula is C26H31N3O5. The van der Waals surface area contributed by atoms with Crippen molar-refractivity contribution in [1.29, 1.82) is 0 Å². The average Bonchev–Trinajstić information content (AvgIpc) is 3.49. The minimum absolute atomic E-state index is 0.0764. The Labute approximate surface area is 199 Å². The maximum Gasteiger partial charge on any atom is 0.262 e. The summed E-state index contributed by atoms with van der Waals surface area (Å²) in [4.78, 5) is 38.9. The molecular weight excluding hydrogens is 434 g/mol. The first kappa shape index (κ1) is 23.8. The lowest BCUT2D eigenvalue weighted by molar-refractivity contribution is -0.126. The molecule has 2 aliphatic heterocycles. The molecule has 2 N–H and O–H groups in total. The van der Waals surface area contributed by atoms with Gasteiger partial charge in [0.25, 0.3) is 5.91 Å². The van der Waals surface area contributed by atoms with E-state index in [0.29, 0.717) is 24.5 Å². The van der Waals surface area contributed by atoms with E-state index >= 15 is 0 Å². The first-order chi connectivity index (χ1) is 16.4. The van der Waals surface area contributed by atoms with Crippen molar-refractivity contribution in [2.75, 3.05) is 36.5 Å². The summed E-state index contributed by atoms with van der Waals surface area (Å²) in [5.41, 5.74) is 3.48. The molecule has 8 heteroatoms. The fraction of sp³-hybridized carbons (Fsp3) is 0.423. The van der Waals surface area contributed by atoms with Crippen molar-refractivity contribution in [2.45, 2.75) is 39.2 Å². The molecule has 8 nitrogen and oxygen atoms in total. The van der Waals surface area contributed by atoms with E-state index in [0.717, 1.165) is 36.3 Å². The maximum absolute atomic E-state index is 12.5. The van der Waals surface area contributed by atoms with Gasteiger partial charge in [-0.2, -0.15) is 0 Å². The van der Waals surface area contributed by atoms with E-state index in [1.54, 1.807) is 29.2 Å². The van der Waals surface area contributed by atoms with Crippen molar-refractivity contribution < 1.29 is 23.9 Å². The van der Waals surface area contributed by atoms with Crippen LogP contribution in [0.2, 0.25) is 0 Å². The van der Waals surface area contributed by atoms with Crippen LogP contribution in [-0.2, 0) is 19.1 Å². The van der Waals surface area contributed by atoms with E-state index in [-0.39, 0.29) is 42.8 Å². The zero-order valence-electron chi connectivity index (χ0n) is 19.6. The molecule has 2 atom stereocenters. The summed E-state index contributed by atoms with van der Waals surface area (Å²) in [5, 5.41) is 5.81. The van der Waals surface area contributed by atoms with Crippen molar-refractivity contribution in [2.24, 2.45) is 5.92 Å². The van der Waals surface area contributed by atoms with Crippen molar-refractivity contribution in [3.63, 3.8) is 0 Å². The monoisotopic (exact) mass is 465 g/mol. The molecule has 0 bridgehead atoms. The predicted molar refractivity (Wildman–Crippen MR) is 129 cm³/mol. The highest BCUT2D eigenvalue weighted by Gasteiger charge is 2.35. The minimum Gasteiger partial charge on any atom is -0.484 e. The van der Waals surface area contributed by atoms with E-state index in [2.05, 4.69) is 10.6 Å². The Morgan fingerprint density at radius 2 is 1.85 bits per heavy atom. The summed E-state index contributed by atoms with van der Waals surface area (Å²) in [6.07, 6.45) is 2.24. The SMILES string of the molecule is Cc1cccc(C)c1NC(=O)COc1ccc(N2C[C@H](C(=O)NC[C@@H]3CCCO3)CC2=O)cc1. The van der Waals surface area contributed by atoms with E-state index in [1.807, 2.05) is 32.0 Å². The van der Waals surface area contributed by atoms with Crippen LogP contribution >= 0.6 is 0 Å². The Balaban J connectivity index is 1.27. The van der Waals surface area contributed by atoms with Gasteiger partial charge in [0.05, 0.1) is 12.0 Å². The zero-order valence-corrected chi connectivity index (χ0v) is 19.6. The molecule has 2 aliphatic rings. The number of hydrogen-bond acceptors (Lipinski definition) is 5. The van der Waals surface area contributed by atoms with E-state index in [4.69, 9.17) is 9.47 Å². The normalized spacial score (nSPS) is 19.8. The first-order valence-electron chi connectivity index (χ1n) is 11.7. The number of hydrogen-bond donors (Lipinski definition) is 2. The molecule has 0 aromatic heterocycles. The van der Waals surface area contributed by atoms with Gasteiger partial charge in [0.1, 0.15) is 5.75 Å². The molecule has 0 saturated carbocycles. The molecule has 2 saturated heterocycles.